The average molecular weight is 177 g/mol. The lowest BCUT2D eigenvalue weighted by Gasteiger charge is -2.06. The number of aryl methyl sites for hydroxylation is 1. The number of benzene rings is 1. The molecule has 0 saturated carbocycles. The van der Waals surface area contributed by atoms with Crippen molar-refractivity contribution >= 4 is 0 Å². The van der Waals surface area contributed by atoms with Gasteiger partial charge < -0.3 is 9.84 Å². The molecule has 0 fully saturated rings. The maximum atomic E-state index is 8.72. The maximum absolute atomic E-state index is 8.72. The molecule has 0 amide bonds. The number of hydrogen-bond acceptors (Lipinski definition) is 3. The molecule has 3 nitrogen and oxygen atoms in total. The third-order valence-electron chi connectivity index (χ3n) is 1.61. The van der Waals surface area contributed by atoms with Crippen LogP contribution in [0.1, 0.15) is 11.1 Å². The molecule has 1 aromatic carbocycles. The van der Waals surface area contributed by atoms with E-state index >= 15 is 0 Å². The molecule has 0 radical (unpaired) electrons. The second-order valence-electron chi connectivity index (χ2n) is 2.68. The first-order valence-electron chi connectivity index (χ1n) is 4.02. The zero-order chi connectivity index (χ0) is 9.68. The first-order valence-corrected chi connectivity index (χ1v) is 4.02. The maximum Gasteiger partial charge on any atom is 0.137 e. The van der Waals surface area contributed by atoms with Gasteiger partial charge in [0.05, 0.1) is 12.2 Å². The summed E-state index contributed by atoms with van der Waals surface area (Å²) in [5, 5.41) is 17.3. The quantitative estimate of drug-likeness (QED) is 0.755. The van der Waals surface area contributed by atoms with Crippen LogP contribution in [-0.4, -0.2) is 18.3 Å². The van der Waals surface area contributed by atoms with Crippen LogP contribution in [0.15, 0.2) is 18.2 Å². The van der Waals surface area contributed by atoms with Crippen molar-refractivity contribution in [1.82, 2.24) is 0 Å². The molecule has 1 rings (SSSR count). The lowest BCUT2D eigenvalue weighted by Crippen LogP contribution is -2.03. The molecule has 0 unspecified atom stereocenters. The predicted octanol–water partition coefficient (Wildman–Crippen LogP) is 1.24. The van der Waals surface area contributed by atoms with Crippen molar-refractivity contribution in [3.63, 3.8) is 0 Å². The largest absolute Gasteiger partial charge is 0.490 e. The second kappa shape index (κ2) is 4.48. The number of rotatable bonds is 3. The Morgan fingerprint density at radius 1 is 1.54 bits per heavy atom. The van der Waals surface area contributed by atoms with E-state index in [1.54, 1.807) is 12.1 Å². The Morgan fingerprint density at radius 2 is 2.31 bits per heavy atom. The highest BCUT2D eigenvalue weighted by atomic mass is 16.5. The highest BCUT2D eigenvalue weighted by molar-refractivity contribution is 5.44. The molecular weight excluding hydrogens is 166 g/mol. The average Bonchev–Trinajstić information content (AvgIpc) is 2.15. The first-order chi connectivity index (χ1) is 6.27. The SMILES string of the molecule is Cc1ccc(C#N)c(OCCO)c1. The molecule has 13 heavy (non-hydrogen) atoms. The van der Waals surface area contributed by atoms with Gasteiger partial charge in [-0.15, -0.1) is 0 Å². The number of ether oxygens (including phenoxy) is 1. The van der Waals surface area contributed by atoms with Crippen LogP contribution >= 0.6 is 0 Å². The van der Waals surface area contributed by atoms with Gasteiger partial charge in [0.1, 0.15) is 18.4 Å². The van der Waals surface area contributed by atoms with Crippen LogP contribution in [0.2, 0.25) is 0 Å². The lowest BCUT2D eigenvalue weighted by molar-refractivity contribution is 0.201. The predicted molar refractivity (Wildman–Crippen MR) is 48.5 cm³/mol. The van der Waals surface area contributed by atoms with Crippen LogP contribution in [0, 0.1) is 18.3 Å². The third kappa shape index (κ3) is 2.46. The van der Waals surface area contributed by atoms with E-state index in [0.717, 1.165) is 5.56 Å². The molecule has 0 spiro atoms. The summed E-state index contributed by atoms with van der Waals surface area (Å²) in [6, 6.07) is 7.37. The molecule has 0 saturated heterocycles. The zero-order valence-electron chi connectivity index (χ0n) is 7.45. The second-order valence-corrected chi connectivity index (χ2v) is 2.68. The van der Waals surface area contributed by atoms with Gasteiger partial charge in [-0.2, -0.15) is 5.26 Å². The van der Waals surface area contributed by atoms with E-state index in [2.05, 4.69) is 0 Å². The molecule has 68 valence electrons. The van der Waals surface area contributed by atoms with Crippen LogP contribution in [0.25, 0.3) is 0 Å². The van der Waals surface area contributed by atoms with E-state index in [9.17, 15) is 0 Å². The lowest BCUT2D eigenvalue weighted by atomic mass is 10.1. The number of nitrogens with zero attached hydrogens (tertiary/aromatic N) is 1. The minimum Gasteiger partial charge on any atom is -0.490 e. The number of nitriles is 1. The van der Waals surface area contributed by atoms with Crippen molar-refractivity contribution in [2.24, 2.45) is 0 Å². The summed E-state index contributed by atoms with van der Waals surface area (Å²) in [5.74, 6) is 0.538. The summed E-state index contributed by atoms with van der Waals surface area (Å²) in [6.45, 7) is 2.10. The zero-order valence-corrected chi connectivity index (χ0v) is 7.45. The van der Waals surface area contributed by atoms with Crippen LogP contribution in [-0.2, 0) is 0 Å². The van der Waals surface area contributed by atoms with Gasteiger partial charge in [-0.25, -0.2) is 0 Å². The van der Waals surface area contributed by atoms with E-state index in [1.165, 1.54) is 0 Å². The van der Waals surface area contributed by atoms with Crippen molar-refractivity contribution in [3.05, 3.63) is 29.3 Å². The Kier molecular flexibility index (Phi) is 3.30. The topological polar surface area (TPSA) is 53.2 Å². The molecule has 1 N–H and O–H groups in total. The summed E-state index contributed by atoms with van der Waals surface area (Å²) in [5.41, 5.74) is 1.53. The van der Waals surface area contributed by atoms with Crippen molar-refractivity contribution in [1.29, 1.82) is 5.26 Å². The number of hydrogen-bond donors (Lipinski definition) is 1. The van der Waals surface area contributed by atoms with Gasteiger partial charge in [0.2, 0.25) is 0 Å². The van der Waals surface area contributed by atoms with E-state index < -0.39 is 0 Å². The summed E-state index contributed by atoms with van der Waals surface area (Å²) in [6.07, 6.45) is 0. The Hall–Kier alpha value is -1.53. The van der Waals surface area contributed by atoms with Gasteiger partial charge >= 0.3 is 0 Å². The van der Waals surface area contributed by atoms with Crippen molar-refractivity contribution in [3.8, 4) is 11.8 Å². The minimum absolute atomic E-state index is 0.0428. The van der Waals surface area contributed by atoms with E-state index in [4.69, 9.17) is 15.1 Å². The summed E-state index contributed by atoms with van der Waals surface area (Å²) in [4.78, 5) is 0. The van der Waals surface area contributed by atoms with Crippen molar-refractivity contribution in [2.75, 3.05) is 13.2 Å². The van der Waals surface area contributed by atoms with Crippen LogP contribution in [0.5, 0.6) is 5.75 Å². The van der Waals surface area contributed by atoms with Gasteiger partial charge in [0.25, 0.3) is 0 Å². The van der Waals surface area contributed by atoms with Crippen LogP contribution in [0.4, 0.5) is 0 Å². The van der Waals surface area contributed by atoms with Gasteiger partial charge in [-0.1, -0.05) is 6.07 Å². The molecule has 0 aromatic heterocycles. The monoisotopic (exact) mass is 177 g/mol. The Morgan fingerprint density at radius 3 is 2.92 bits per heavy atom. The molecule has 3 heteroatoms. The highest BCUT2D eigenvalue weighted by Gasteiger charge is 2.02. The molecule has 1 aromatic rings. The van der Waals surface area contributed by atoms with Gasteiger partial charge in [-0.05, 0) is 24.6 Å². The Bertz CT molecular complexity index is 328. The summed E-state index contributed by atoms with van der Waals surface area (Å²) >= 11 is 0. The minimum atomic E-state index is -0.0428. The molecule has 0 aliphatic rings. The van der Waals surface area contributed by atoms with Crippen molar-refractivity contribution < 1.29 is 9.84 Å². The number of aliphatic hydroxyl groups is 1. The Balaban J connectivity index is 2.89. The fourth-order valence-electron chi connectivity index (χ4n) is 0.997. The smallest absolute Gasteiger partial charge is 0.137 e. The standard InChI is InChI=1S/C10H11NO2/c1-8-2-3-9(7-11)10(6-8)13-5-4-12/h2-3,6,12H,4-5H2,1H3. The van der Waals surface area contributed by atoms with Crippen LogP contribution in [0.3, 0.4) is 0 Å². The van der Waals surface area contributed by atoms with Gasteiger partial charge in [-0.3, -0.25) is 0 Å². The fraction of sp³-hybridized carbons (Fsp3) is 0.300. The van der Waals surface area contributed by atoms with E-state index in [1.807, 2.05) is 19.1 Å². The van der Waals surface area contributed by atoms with Gasteiger partial charge in [0.15, 0.2) is 0 Å². The van der Waals surface area contributed by atoms with Crippen LogP contribution < -0.4 is 4.74 Å². The van der Waals surface area contributed by atoms with Gasteiger partial charge in [0, 0.05) is 0 Å². The molecule has 0 atom stereocenters. The molecular formula is C10H11NO2. The normalized spacial score (nSPS) is 9.31. The molecule has 0 heterocycles. The fourth-order valence-corrected chi connectivity index (χ4v) is 0.997. The van der Waals surface area contributed by atoms with E-state index in [0.29, 0.717) is 11.3 Å². The van der Waals surface area contributed by atoms with Crippen molar-refractivity contribution in [2.45, 2.75) is 6.92 Å². The first kappa shape index (κ1) is 9.56. The summed E-state index contributed by atoms with van der Waals surface area (Å²) in [7, 11) is 0. The molecule has 0 aliphatic heterocycles. The Labute approximate surface area is 77.2 Å². The summed E-state index contributed by atoms with van der Waals surface area (Å²) < 4.78 is 5.19. The molecule has 0 aliphatic carbocycles. The van der Waals surface area contributed by atoms with E-state index in [-0.39, 0.29) is 13.2 Å². The molecule has 0 bridgehead atoms. The highest BCUT2D eigenvalue weighted by Crippen LogP contribution is 2.18. The number of aliphatic hydroxyl groups excluding tert-OH is 1. The third-order valence-corrected chi connectivity index (χ3v) is 1.61.